The van der Waals surface area contributed by atoms with E-state index in [0.717, 1.165) is 0 Å². The predicted octanol–water partition coefficient (Wildman–Crippen LogP) is 3.16. The lowest BCUT2D eigenvalue weighted by atomic mass is 10.2. The fourth-order valence-corrected chi connectivity index (χ4v) is 1.38. The highest BCUT2D eigenvalue weighted by Gasteiger charge is 2.27. The molecular weight excluding hydrogens is 287 g/mol. The van der Waals surface area contributed by atoms with Crippen LogP contribution in [-0.2, 0) is 9.47 Å². The van der Waals surface area contributed by atoms with Gasteiger partial charge in [-0.3, -0.25) is 0 Å². The SMILES string of the molecule is CCOC(COc1c(F)c(F)c(F)c(F)c1F)OCC. The Bertz CT molecular complexity index is 432. The maximum absolute atomic E-state index is 13.3. The standard InChI is InChI=1S/C12H13F5O3/c1-3-18-6(19-4-2)5-20-12-10(16)8(14)7(13)9(15)11(12)17/h6H,3-5H2,1-2H3. The van der Waals surface area contributed by atoms with Crippen LogP contribution in [0.3, 0.4) is 0 Å². The van der Waals surface area contributed by atoms with Gasteiger partial charge in [0.15, 0.2) is 12.0 Å². The Morgan fingerprint density at radius 2 is 1.15 bits per heavy atom. The third kappa shape index (κ3) is 3.57. The van der Waals surface area contributed by atoms with Crippen LogP contribution in [0, 0.1) is 29.1 Å². The number of benzene rings is 1. The fourth-order valence-electron chi connectivity index (χ4n) is 1.38. The minimum atomic E-state index is -2.24. The highest BCUT2D eigenvalue weighted by molar-refractivity contribution is 5.29. The first-order valence-electron chi connectivity index (χ1n) is 5.81. The van der Waals surface area contributed by atoms with Crippen LogP contribution in [0.4, 0.5) is 22.0 Å². The molecule has 0 aliphatic rings. The largest absolute Gasteiger partial charge is 0.482 e. The summed E-state index contributed by atoms with van der Waals surface area (Å²) < 4.78 is 79.9. The van der Waals surface area contributed by atoms with Crippen LogP contribution in [0.5, 0.6) is 5.75 Å². The van der Waals surface area contributed by atoms with Gasteiger partial charge in [-0.15, -0.1) is 0 Å². The molecule has 0 bridgehead atoms. The van der Waals surface area contributed by atoms with Crippen LogP contribution in [0.25, 0.3) is 0 Å². The lowest BCUT2D eigenvalue weighted by molar-refractivity contribution is -0.153. The number of ether oxygens (including phenoxy) is 3. The first kappa shape index (κ1) is 16.6. The average molecular weight is 300 g/mol. The molecule has 0 amide bonds. The summed E-state index contributed by atoms with van der Waals surface area (Å²) in [6.07, 6.45) is -0.972. The summed E-state index contributed by atoms with van der Waals surface area (Å²) in [6.45, 7) is 3.23. The third-order valence-electron chi connectivity index (χ3n) is 2.24. The molecule has 1 aromatic carbocycles. The summed E-state index contributed by atoms with van der Waals surface area (Å²) in [5.74, 6) is -11.8. The van der Waals surface area contributed by atoms with Crippen LogP contribution in [0.2, 0.25) is 0 Å². The van der Waals surface area contributed by atoms with Crippen LogP contribution in [-0.4, -0.2) is 26.1 Å². The van der Waals surface area contributed by atoms with Gasteiger partial charge in [0, 0.05) is 13.2 Å². The molecule has 0 unspecified atom stereocenters. The maximum Gasteiger partial charge on any atom is 0.206 e. The molecule has 0 aliphatic heterocycles. The molecule has 114 valence electrons. The molecular formula is C12H13F5O3. The molecule has 3 nitrogen and oxygen atoms in total. The molecule has 8 heteroatoms. The van der Waals surface area contributed by atoms with E-state index in [4.69, 9.17) is 9.47 Å². The van der Waals surface area contributed by atoms with Gasteiger partial charge in [0.1, 0.15) is 6.61 Å². The Hall–Kier alpha value is -1.41. The first-order chi connectivity index (χ1) is 9.43. The Kier molecular flexibility index (Phi) is 6.15. The van der Waals surface area contributed by atoms with Gasteiger partial charge in [-0.25, -0.2) is 13.2 Å². The van der Waals surface area contributed by atoms with Gasteiger partial charge < -0.3 is 14.2 Å². The van der Waals surface area contributed by atoms with E-state index in [9.17, 15) is 22.0 Å². The quantitative estimate of drug-likeness (QED) is 0.335. The van der Waals surface area contributed by atoms with E-state index in [-0.39, 0.29) is 13.2 Å². The summed E-state index contributed by atoms with van der Waals surface area (Å²) >= 11 is 0. The van der Waals surface area contributed by atoms with Crippen LogP contribution in [0.1, 0.15) is 13.8 Å². The molecule has 1 rings (SSSR count). The Morgan fingerprint density at radius 3 is 1.55 bits per heavy atom. The highest BCUT2D eigenvalue weighted by atomic mass is 19.2. The molecule has 20 heavy (non-hydrogen) atoms. The van der Waals surface area contributed by atoms with Crippen LogP contribution < -0.4 is 4.74 Å². The molecule has 0 radical (unpaired) electrons. The van der Waals surface area contributed by atoms with E-state index < -0.39 is 47.7 Å². The number of hydrogen-bond donors (Lipinski definition) is 0. The summed E-state index contributed by atoms with van der Waals surface area (Å²) in [6, 6.07) is 0. The zero-order chi connectivity index (χ0) is 15.3. The van der Waals surface area contributed by atoms with Crippen molar-refractivity contribution >= 4 is 0 Å². The van der Waals surface area contributed by atoms with Crippen molar-refractivity contribution in [1.29, 1.82) is 0 Å². The smallest absolute Gasteiger partial charge is 0.206 e. The number of hydrogen-bond acceptors (Lipinski definition) is 3. The molecule has 0 spiro atoms. The van der Waals surface area contributed by atoms with Crippen molar-refractivity contribution < 1.29 is 36.2 Å². The van der Waals surface area contributed by atoms with Crippen molar-refractivity contribution in [1.82, 2.24) is 0 Å². The second kappa shape index (κ2) is 7.39. The van der Waals surface area contributed by atoms with E-state index in [1.807, 2.05) is 0 Å². The Balaban J connectivity index is 2.92. The zero-order valence-electron chi connectivity index (χ0n) is 10.8. The normalized spacial score (nSPS) is 11.2. The summed E-state index contributed by atoms with van der Waals surface area (Å²) in [7, 11) is 0. The molecule has 0 atom stereocenters. The van der Waals surface area contributed by atoms with E-state index >= 15 is 0 Å². The van der Waals surface area contributed by atoms with Crippen molar-refractivity contribution in [2.75, 3.05) is 19.8 Å². The molecule has 0 aromatic heterocycles. The number of rotatable bonds is 7. The second-order valence-corrected chi connectivity index (χ2v) is 3.55. The van der Waals surface area contributed by atoms with Gasteiger partial charge in [-0.2, -0.15) is 8.78 Å². The molecule has 0 heterocycles. The maximum atomic E-state index is 13.3. The van der Waals surface area contributed by atoms with Crippen molar-refractivity contribution in [2.24, 2.45) is 0 Å². The van der Waals surface area contributed by atoms with E-state index in [1.54, 1.807) is 13.8 Å². The molecule has 0 fully saturated rings. The highest BCUT2D eigenvalue weighted by Crippen LogP contribution is 2.29. The Labute approximate surface area is 112 Å². The van der Waals surface area contributed by atoms with Gasteiger partial charge in [-0.1, -0.05) is 0 Å². The second-order valence-electron chi connectivity index (χ2n) is 3.55. The monoisotopic (exact) mass is 300 g/mol. The zero-order valence-corrected chi connectivity index (χ0v) is 10.8. The predicted molar refractivity (Wildman–Crippen MR) is 58.8 cm³/mol. The minimum absolute atomic E-state index is 0.227. The number of halogens is 5. The molecule has 0 aliphatic carbocycles. The summed E-state index contributed by atoms with van der Waals surface area (Å²) in [5, 5.41) is 0. The van der Waals surface area contributed by atoms with Gasteiger partial charge >= 0.3 is 0 Å². The van der Waals surface area contributed by atoms with Gasteiger partial charge in [0.25, 0.3) is 0 Å². The van der Waals surface area contributed by atoms with E-state index in [1.165, 1.54) is 0 Å². The third-order valence-corrected chi connectivity index (χ3v) is 2.24. The summed E-state index contributed by atoms with van der Waals surface area (Å²) in [4.78, 5) is 0. The van der Waals surface area contributed by atoms with Crippen LogP contribution >= 0.6 is 0 Å². The lowest BCUT2D eigenvalue weighted by Crippen LogP contribution is -2.26. The summed E-state index contributed by atoms with van der Waals surface area (Å²) in [5.41, 5.74) is 0. The van der Waals surface area contributed by atoms with Gasteiger partial charge in [0.2, 0.25) is 29.1 Å². The minimum Gasteiger partial charge on any atom is -0.482 e. The van der Waals surface area contributed by atoms with Crippen molar-refractivity contribution in [3.8, 4) is 5.75 Å². The molecule has 0 N–H and O–H groups in total. The fraction of sp³-hybridized carbons (Fsp3) is 0.500. The van der Waals surface area contributed by atoms with Gasteiger partial charge in [-0.05, 0) is 13.8 Å². The Morgan fingerprint density at radius 1 is 0.750 bits per heavy atom. The van der Waals surface area contributed by atoms with Crippen molar-refractivity contribution in [3.05, 3.63) is 29.1 Å². The lowest BCUT2D eigenvalue weighted by Gasteiger charge is -2.18. The molecule has 1 aromatic rings. The van der Waals surface area contributed by atoms with Crippen LogP contribution in [0.15, 0.2) is 0 Å². The molecule has 0 saturated carbocycles. The first-order valence-corrected chi connectivity index (χ1v) is 5.81. The average Bonchev–Trinajstić information content (AvgIpc) is 2.43. The van der Waals surface area contributed by atoms with E-state index in [0.29, 0.717) is 0 Å². The van der Waals surface area contributed by atoms with Gasteiger partial charge in [0.05, 0.1) is 0 Å². The van der Waals surface area contributed by atoms with Crippen molar-refractivity contribution in [2.45, 2.75) is 20.1 Å². The van der Waals surface area contributed by atoms with Crippen molar-refractivity contribution in [3.63, 3.8) is 0 Å². The molecule has 0 saturated heterocycles. The van der Waals surface area contributed by atoms with E-state index in [2.05, 4.69) is 4.74 Å². The topological polar surface area (TPSA) is 27.7 Å².